The van der Waals surface area contributed by atoms with Gasteiger partial charge in [-0.15, -0.1) is 0 Å². The van der Waals surface area contributed by atoms with E-state index >= 15 is 0 Å². The second kappa shape index (κ2) is 9.11. The van der Waals surface area contributed by atoms with Crippen molar-refractivity contribution in [2.75, 3.05) is 5.32 Å². The van der Waals surface area contributed by atoms with E-state index in [0.29, 0.717) is 5.58 Å². The molecule has 37 heavy (non-hydrogen) atoms. The average molecular weight is 513 g/mol. The highest BCUT2D eigenvalue weighted by molar-refractivity contribution is 5.85. The maximum Gasteiger partial charge on any atom is 0.437 e. The Balaban J connectivity index is 1.29. The molecule has 2 heterocycles. The highest BCUT2D eigenvalue weighted by atomic mass is 19.4. The largest absolute Gasteiger partial charge is 0.487 e. The van der Waals surface area contributed by atoms with Crippen LogP contribution in [0.25, 0.3) is 11.0 Å². The van der Waals surface area contributed by atoms with E-state index in [1.807, 2.05) is 6.07 Å². The van der Waals surface area contributed by atoms with Gasteiger partial charge < -0.3 is 9.15 Å². The van der Waals surface area contributed by atoms with Crippen LogP contribution < -0.4 is 15.6 Å². The normalized spacial score (nSPS) is 18.8. The number of carbonyl (C=O) groups is 1. The number of amides is 1. The van der Waals surface area contributed by atoms with Crippen molar-refractivity contribution in [3.63, 3.8) is 0 Å². The number of alkyl halides is 3. The Morgan fingerprint density at radius 2 is 1.78 bits per heavy atom. The van der Waals surface area contributed by atoms with Crippen LogP contribution in [0.5, 0.6) is 5.75 Å². The standard InChI is InChI=1S/C28H27F3N2O4/c29-28(30,31)18-6-4-7-19(15-18)32-26(34)37-33-25-21-9-5-8-20(21)22-14-17-10-13-27(11-2-1-3-12-27)36-23(17)16-24(22)35-25/h4,6-7,14-16H,1-3,5,8-13H2,(H,32,34). The molecule has 1 spiro atoms. The van der Waals surface area contributed by atoms with Crippen molar-refractivity contribution in [1.29, 1.82) is 0 Å². The molecule has 1 aromatic heterocycles. The van der Waals surface area contributed by atoms with Gasteiger partial charge in [0.15, 0.2) is 0 Å². The van der Waals surface area contributed by atoms with Gasteiger partial charge in [0.25, 0.3) is 5.55 Å². The summed E-state index contributed by atoms with van der Waals surface area (Å²) in [6.07, 6.45) is 4.79. The van der Waals surface area contributed by atoms with Crippen LogP contribution in [0.2, 0.25) is 0 Å². The van der Waals surface area contributed by atoms with Gasteiger partial charge in [-0.1, -0.05) is 12.5 Å². The monoisotopic (exact) mass is 512 g/mol. The van der Waals surface area contributed by atoms with Gasteiger partial charge >= 0.3 is 12.3 Å². The second-order valence-corrected chi connectivity index (χ2v) is 10.2. The van der Waals surface area contributed by atoms with Gasteiger partial charge in [0, 0.05) is 22.7 Å². The molecule has 1 amide bonds. The van der Waals surface area contributed by atoms with Crippen molar-refractivity contribution in [3.05, 3.63) is 64.2 Å². The molecule has 2 aromatic carbocycles. The van der Waals surface area contributed by atoms with Crippen LogP contribution >= 0.6 is 0 Å². The van der Waals surface area contributed by atoms with Gasteiger partial charge in [0.1, 0.15) is 16.9 Å². The lowest BCUT2D eigenvalue weighted by atomic mass is 9.79. The number of fused-ring (bicyclic) bond motifs is 4. The van der Waals surface area contributed by atoms with Crippen LogP contribution in [-0.4, -0.2) is 11.7 Å². The van der Waals surface area contributed by atoms with Crippen molar-refractivity contribution < 1.29 is 32.0 Å². The SMILES string of the molecule is O=C(Nc1cccc(C(F)(F)F)c1)ON=c1oc2cc3c(cc2c2c1CCC2)CCC1(CCCCC1)O3. The minimum absolute atomic E-state index is 0.0453. The van der Waals surface area contributed by atoms with Crippen molar-refractivity contribution in [1.82, 2.24) is 0 Å². The number of anilines is 1. The summed E-state index contributed by atoms with van der Waals surface area (Å²) in [7, 11) is 0. The fraction of sp³-hybridized carbons (Fsp3) is 0.429. The molecule has 0 unspecified atom stereocenters. The van der Waals surface area contributed by atoms with Gasteiger partial charge in [0.2, 0.25) is 0 Å². The summed E-state index contributed by atoms with van der Waals surface area (Å²) in [6, 6.07) is 8.41. The fourth-order valence-corrected chi connectivity index (χ4v) is 5.92. The lowest BCUT2D eigenvalue weighted by Gasteiger charge is -2.41. The molecule has 1 fully saturated rings. The van der Waals surface area contributed by atoms with E-state index in [2.05, 4.69) is 16.5 Å². The fourth-order valence-electron chi connectivity index (χ4n) is 5.92. The molecule has 2 aliphatic carbocycles. The van der Waals surface area contributed by atoms with E-state index < -0.39 is 17.8 Å². The van der Waals surface area contributed by atoms with Gasteiger partial charge in [-0.25, -0.2) is 4.79 Å². The molecule has 0 atom stereocenters. The van der Waals surface area contributed by atoms with Crippen LogP contribution in [0, 0.1) is 0 Å². The molecule has 0 saturated heterocycles. The molecular weight excluding hydrogens is 485 g/mol. The first kappa shape index (κ1) is 23.9. The van der Waals surface area contributed by atoms with E-state index in [0.717, 1.165) is 79.3 Å². The summed E-state index contributed by atoms with van der Waals surface area (Å²) in [5.74, 6) is 0.844. The minimum Gasteiger partial charge on any atom is -0.487 e. The highest BCUT2D eigenvalue weighted by Gasteiger charge is 2.38. The molecule has 6 rings (SSSR count). The van der Waals surface area contributed by atoms with Gasteiger partial charge in [-0.2, -0.15) is 13.2 Å². The number of nitrogens with zero attached hydrogens (tertiary/aromatic N) is 1. The number of aryl methyl sites for hydroxylation is 2. The third-order valence-corrected chi connectivity index (χ3v) is 7.76. The Hall–Kier alpha value is -3.49. The van der Waals surface area contributed by atoms with Crippen molar-refractivity contribution in [2.24, 2.45) is 5.16 Å². The Kier molecular flexibility index (Phi) is 5.88. The zero-order valence-corrected chi connectivity index (χ0v) is 20.2. The van der Waals surface area contributed by atoms with Crippen molar-refractivity contribution >= 4 is 22.7 Å². The number of benzene rings is 2. The molecule has 6 nitrogen and oxygen atoms in total. The summed E-state index contributed by atoms with van der Waals surface area (Å²) in [6.45, 7) is 0. The molecule has 1 saturated carbocycles. The van der Waals surface area contributed by atoms with Crippen LogP contribution in [0.3, 0.4) is 0 Å². The predicted octanol–water partition coefficient (Wildman–Crippen LogP) is 7.03. The highest BCUT2D eigenvalue weighted by Crippen LogP contribution is 2.43. The minimum atomic E-state index is -4.52. The molecule has 3 aromatic rings. The molecule has 3 aliphatic rings. The molecule has 194 valence electrons. The lowest BCUT2D eigenvalue weighted by Crippen LogP contribution is -2.41. The third kappa shape index (κ3) is 4.67. The van der Waals surface area contributed by atoms with E-state index in [9.17, 15) is 18.0 Å². The van der Waals surface area contributed by atoms with Gasteiger partial charge in [-0.3, -0.25) is 10.2 Å². The zero-order chi connectivity index (χ0) is 25.6. The number of hydrogen-bond acceptors (Lipinski definition) is 5. The molecule has 0 bridgehead atoms. The smallest absolute Gasteiger partial charge is 0.437 e. The van der Waals surface area contributed by atoms with E-state index in [1.165, 1.54) is 37.0 Å². The number of ether oxygens (including phenoxy) is 1. The number of nitrogens with one attached hydrogen (secondary N) is 1. The van der Waals surface area contributed by atoms with Gasteiger partial charge in [0.05, 0.1) is 5.56 Å². The quantitative estimate of drug-likeness (QED) is 0.296. The van der Waals surface area contributed by atoms with Gasteiger partial charge in [-0.05, 0) is 98.3 Å². The molecule has 1 aliphatic heterocycles. The Morgan fingerprint density at radius 3 is 2.59 bits per heavy atom. The predicted molar refractivity (Wildman–Crippen MR) is 130 cm³/mol. The Labute approximate surface area is 211 Å². The molecular formula is C28H27F3N2O4. The first-order chi connectivity index (χ1) is 17.8. The van der Waals surface area contributed by atoms with Crippen molar-refractivity contribution in [2.45, 2.75) is 76.0 Å². The summed E-state index contributed by atoms with van der Waals surface area (Å²) in [5, 5.41) is 7.27. The van der Waals surface area contributed by atoms with Crippen LogP contribution in [0.1, 0.15) is 67.2 Å². The van der Waals surface area contributed by atoms with Crippen LogP contribution in [0.15, 0.2) is 46.0 Å². The summed E-state index contributed by atoms with van der Waals surface area (Å²) < 4.78 is 51.5. The molecule has 1 N–H and O–H groups in total. The maximum atomic E-state index is 13.0. The average Bonchev–Trinajstić information content (AvgIpc) is 3.37. The van der Waals surface area contributed by atoms with E-state index in [1.54, 1.807) is 0 Å². The lowest BCUT2D eigenvalue weighted by molar-refractivity contribution is -0.137. The first-order valence-corrected chi connectivity index (χ1v) is 12.8. The summed E-state index contributed by atoms with van der Waals surface area (Å²) in [5.41, 5.74) is 3.02. The first-order valence-electron chi connectivity index (χ1n) is 12.8. The summed E-state index contributed by atoms with van der Waals surface area (Å²) in [4.78, 5) is 17.3. The van der Waals surface area contributed by atoms with Crippen LogP contribution in [-0.2, 0) is 30.3 Å². The topological polar surface area (TPSA) is 73.1 Å². The molecule has 9 heteroatoms. The number of carbonyl (C=O) groups excluding carboxylic acids is 1. The van der Waals surface area contributed by atoms with Crippen LogP contribution in [0.4, 0.5) is 23.7 Å². The van der Waals surface area contributed by atoms with E-state index in [4.69, 9.17) is 14.0 Å². The Bertz CT molecular complexity index is 1440. The molecule has 0 radical (unpaired) electrons. The second-order valence-electron chi connectivity index (χ2n) is 10.2. The van der Waals surface area contributed by atoms with E-state index in [-0.39, 0.29) is 16.8 Å². The third-order valence-electron chi connectivity index (χ3n) is 7.76. The number of halogens is 3. The number of rotatable bonds is 2. The Morgan fingerprint density at radius 1 is 0.973 bits per heavy atom. The number of hydrogen-bond donors (Lipinski definition) is 1. The summed E-state index contributed by atoms with van der Waals surface area (Å²) >= 11 is 0. The zero-order valence-electron chi connectivity index (χ0n) is 20.2. The van der Waals surface area contributed by atoms with Crippen molar-refractivity contribution in [3.8, 4) is 5.75 Å². The maximum absolute atomic E-state index is 13.0.